The van der Waals surface area contributed by atoms with Gasteiger partial charge in [0.15, 0.2) is 5.92 Å². The second kappa shape index (κ2) is 9.29. The van der Waals surface area contributed by atoms with Crippen LogP contribution in [0.1, 0.15) is 87.5 Å². The van der Waals surface area contributed by atoms with Crippen LogP contribution in [-0.4, -0.2) is 23.1 Å². The molecule has 0 rings (SSSR count). The molecule has 0 spiro atoms. The Balaban J connectivity index is 4.98. The molecule has 0 aromatic carbocycles. The molecule has 136 valence electrons. The van der Waals surface area contributed by atoms with Crippen molar-refractivity contribution in [3.8, 4) is 0 Å². The van der Waals surface area contributed by atoms with Gasteiger partial charge in [0.25, 0.3) is 0 Å². The van der Waals surface area contributed by atoms with Crippen LogP contribution in [0.4, 0.5) is 0 Å². The van der Waals surface area contributed by atoms with Gasteiger partial charge in [-0.15, -0.1) is 0 Å². The summed E-state index contributed by atoms with van der Waals surface area (Å²) in [6.07, 6.45) is 5.29. The van der Waals surface area contributed by atoms with Gasteiger partial charge < -0.3 is 9.47 Å². The molecular formula is C19H36O4. The summed E-state index contributed by atoms with van der Waals surface area (Å²) < 4.78 is 10.9. The summed E-state index contributed by atoms with van der Waals surface area (Å²) in [5.74, 6) is -1.89. The smallest absolute Gasteiger partial charge is 0.321 e. The summed E-state index contributed by atoms with van der Waals surface area (Å²) in [6, 6.07) is 0. The van der Waals surface area contributed by atoms with Crippen molar-refractivity contribution in [2.24, 2.45) is 11.8 Å². The summed E-state index contributed by atoms with van der Waals surface area (Å²) in [5.41, 5.74) is -1.22. The van der Waals surface area contributed by atoms with E-state index in [9.17, 15) is 9.59 Å². The Kier molecular flexibility index (Phi) is 8.86. The molecule has 0 aromatic rings. The second-order valence-electron chi connectivity index (χ2n) is 8.37. The molecule has 4 heteroatoms. The lowest BCUT2D eigenvalue weighted by Gasteiger charge is -2.29. The van der Waals surface area contributed by atoms with E-state index in [1.54, 1.807) is 0 Å². The second-order valence-corrected chi connectivity index (χ2v) is 8.37. The van der Waals surface area contributed by atoms with E-state index in [1.807, 2.05) is 48.5 Å². The fourth-order valence-corrected chi connectivity index (χ4v) is 2.35. The first-order valence-electron chi connectivity index (χ1n) is 8.83. The van der Waals surface area contributed by atoms with Crippen molar-refractivity contribution in [1.82, 2.24) is 0 Å². The highest BCUT2D eigenvalue weighted by atomic mass is 16.6. The molecule has 0 saturated carbocycles. The number of carbonyl (C=O) groups is 2. The number of unbranched alkanes of at least 4 members (excludes halogenated alkanes) is 3. The molecule has 4 nitrogen and oxygen atoms in total. The van der Waals surface area contributed by atoms with Gasteiger partial charge in [-0.25, -0.2) is 0 Å². The van der Waals surface area contributed by atoms with Crippen LogP contribution in [0.15, 0.2) is 0 Å². The predicted molar refractivity (Wildman–Crippen MR) is 93.1 cm³/mol. The van der Waals surface area contributed by atoms with Crippen molar-refractivity contribution in [2.75, 3.05) is 0 Å². The lowest BCUT2D eigenvalue weighted by molar-refractivity contribution is -0.177. The normalized spacial score (nSPS) is 13.8. The van der Waals surface area contributed by atoms with Crippen LogP contribution >= 0.6 is 0 Å². The Morgan fingerprint density at radius 3 is 1.61 bits per heavy atom. The standard InChI is InChI=1S/C19H36O4/c1-9-10-11-12-13-14(2)15(16(20)22-18(3,4)5)17(21)23-19(6,7)8/h14-15H,9-13H2,1-8H3. The van der Waals surface area contributed by atoms with E-state index in [4.69, 9.17) is 9.47 Å². The number of rotatable bonds is 8. The van der Waals surface area contributed by atoms with Crippen LogP contribution < -0.4 is 0 Å². The highest BCUT2D eigenvalue weighted by Crippen LogP contribution is 2.26. The molecule has 0 radical (unpaired) electrons. The van der Waals surface area contributed by atoms with Gasteiger partial charge in [0, 0.05) is 0 Å². The van der Waals surface area contributed by atoms with Gasteiger partial charge in [-0.1, -0.05) is 39.5 Å². The van der Waals surface area contributed by atoms with Crippen LogP contribution in [0.25, 0.3) is 0 Å². The Bertz CT molecular complexity index is 346. The number of hydrogen-bond donors (Lipinski definition) is 0. The van der Waals surface area contributed by atoms with Crippen LogP contribution in [-0.2, 0) is 19.1 Å². The molecule has 1 atom stereocenters. The number of esters is 2. The van der Waals surface area contributed by atoms with Gasteiger partial charge in [0.2, 0.25) is 0 Å². The Morgan fingerprint density at radius 1 is 0.826 bits per heavy atom. The lowest BCUT2D eigenvalue weighted by atomic mass is 9.88. The molecule has 0 amide bonds. The minimum atomic E-state index is -0.852. The number of ether oxygens (including phenoxy) is 2. The maximum Gasteiger partial charge on any atom is 0.321 e. The summed E-state index contributed by atoms with van der Waals surface area (Å²) in [5, 5.41) is 0. The molecule has 0 fully saturated rings. The van der Waals surface area contributed by atoms with Crippen molar-refractivity contribution >= 4 is 11.9 Å². The molecule has 1 unspecified atom stereocenters. The third-order valence-electron chi connectivity index (χ3n) is 3.40. The quantitative estimate of drug-likeness (QED) is 0.361. The van der Waals surface area contributed by atoms with Gasteiger partial charge in [-0.3, -0.25) is 9.59 Å². The van der Waals surface area contributed by atoms with Gasteiger partial charge in [0.05, 0.1) is 0 Å². The van der Waals surface area contributed by atoms with Crippen LogP contribution in [0.3, 0.4) is 0 Å². The lowest BCUT2D eigenvalue weighted by Crippen LogP contribution is -2.40. The fraction of sp³-hybridized carbons (Fsp3) is 0.895. The first kappa shape index (κ1) is 21.9. The molecule has 0 aliphatic rings. The van der Waals surface area contributed by atoms with E-state index in [0.717, 1.165) is 25.7 Å². The third-order valence-corrected chi connectivity index (χ3v) is 3.40. The van der Waals surface area contributed by atoms with E-state index in [0.29, 0.717) is 0 Å². The maximum atomic E-state index is 12.5. The van der Waals surface area contributed by atoms with Crippen molar-refractivity contribution < 1.29 is 19.1 Å². The molecule has 0 aromatic heterocycles. The van der Waals surface area contributed by atoms with Crippen molar-refractivity contribution in [3.63, 3.8) is 0 Å². The van der Waals surface area contributed by atoms with Crippen molar-refractivity contribution in [2.45, 2.75) is 98.7 Å². The van der Waals surface area contributed by atoms with Gasteiger partial charge in [-0.05, 0) is 53.9 Å². The first-order valence-corrected chi connectivity index (χ1v) is 8.83. The molecule has 0 saturated heterocycles. The minimum Gasteiger partial charge on any atom is -0.459 e. The van der Waals surface area contributed by atoms with Gasteiger partial charge in [0.1, 0.15) is 11.2 Å². The Labute approximate surface area is 142 Å². The first-order chi connectivity index (χ1) is 10.4. The SMILES string of the molecule is CCCCCCC(C)C(C(=O)OC(C)(C)C)C(=O)OC(C)(C)C. The maximum absolute atomic E-state index is 12.5. The average molecular weight is 328 g/mol. The summed E-state index contributed by atoms with van der Waals surface area (Å²) in [4.78, 5) is 25.0. The summed E-state index contributed by atoms with van der Waals surface area (Å²) >= 11 is 0. The zero-order valence-electron chi connectivity index (χ0n) is 16.3. The zero-order chi connectivity index (χ0) is 18.3. The van der Waals surface area contributed by atoms with E-state index in [1.165, 1.54) is 6.42 Å². The van der Waals surface area contributed by atoms with Gasteiger partial charge in [-0.2, -0.15) is 0 Å². The Morgan fingerprint density at radius 2 is 1.26 bits per heavy atom. The van der Waals surface area contributed by atoms with E-state index < -0.39 is 29.1 Å². The number of hydrogen-bond acceptors (Lipinski definition) is 4. The van der Waals surface area contributed by atoms with Crippen LogP contribution in [0, 0.1) is 11.8 Å². The highest BCUT2D eigenvalue weighted by molar-refractivity contribution is 5.95. The van der Waals surface area contributed by atoms with E-state index >= 15 is 0 Å². The largest absolute Gasteiger partial charge is 0.459 e. The Hall–Kier alpha value is -1.06. The minimum absolute atomic E-state index is 0.0865. The van der Waals surface area contributed by atoms with Crippen molar-refractivity contribution in [3.05, 3.63) is 0 Å². The fourth-order valence-electron chi connectivity index (χ4n) is 2.35. The molecule has 0 aliphatic heterocycles. The molecule has 0 N–H and O–H groups in total. The van der Waals surface area contributed by atoms with E-state index in [-0.39, 0.29) is 5.92 Å². The topological polar surface area (TPSA) is 52.6 Å². The molecular weight excluding hydrogens is 292 g/mol. The van der Waals surface area contributed by atoms with E-state index in [2.05, 4.69) is 6.92 Å². The number of carbonyl (C=O) groups excluding carboxylic acids is 2. The van der Waals surface area contributed by atoms with Crippen molar-refractivity contribution in [1.29, 1.82) is 0 Å². The molecule has 0 heterocycles. The predicted octanol–water partition coefficient (Wildman–Crippen LogP) is 4.89. The van der Waals surface area contributed by atoms with Crippen LogP contribution in [0.2, 0.25) is 0 Å². The monoisotopic (exact) mass is 328 g/mol. The zero-order valence-corrected chi connectivity index (χ0v) is 16.3. The summed E-state index contributed by atoms with van der Waals surface area (Å²) in [6.45, 7) is 14.9. The molecule has 0 bridgehead atoms. The average Bonchev–Trinajstić information content (AvgIpc) is 2.30. The highest BCUT2D eigenvalue weighted by Gasteiger charge is 2.38. The molecule has 23 heavy (non-hydrogen) atoms. The van der Waals surface area contributed by atoms with Crippen LogP contribution in [0.5, 0.6) is 0 Å². The molecule has 0 aliphatic carbocycles. The summed E-state index contributed by atoms with van der Waals surface area (Å²) in [7, 11) is 0. The third kappa shape index (κ3) is 10.4. The van der Waals surface area contributed by atoms with Gasteiger partial charge >= 0.3 is 11.9 Å².